The van der Waals surface area contributed by atoms with Crippen molar-refractivity contribution in [3.63, 3.8) is 0 Å². The predicted octanol–water partition coefficient (Wildman–Crippen LogP) is 4.68. The third kappa shape index (κ3) is 2.87. The average Bonchev–Trinajstić information content (AvgIpc) is 3.18. The van der Waals surface area contributed by atoms with Gasteiger partial charge >= 0.3 is 0 Å². The maximum atomic E-state index is 4.90. The molecule has 4 aromatic rings. The fourth-order valence-electron chi connectivity index (χ4n) is 3.85. The molecule has 1 aliphatic rings. The summed E-state index contributed by atoms with van der Waals surface area (Å²) in [6.07, 6.45) is 0.165. The van der Waals surface area contributed by atoms with E-state index in [1.54, 1.807) is 0 Å². The van der Waals surface area contributed by atoms with Crippen LogP contribution in [0.3, 0.4) is 0 Å². The first-order valence-electron chi connectivity index (χ1n) is 9.15. The summed E-state index contributed by atoms with van der Waals surface area (Å²) in [5.74, 6) is 0.946. The van der Waals surface area contributed by atoms with Crippen LogP contribution in [-0.4, -0.2) is 22.9 Å². The van der Waals surface area contributed by atoms with E-state index in [0.717, 1.165) is 39.4 Å². The molecular formula is C23H20N4Y-2. The molecular weight excluding hydrogens is 421 g/mol. The van der Waals surface area contributed by atoms with Gasteiger partial charge in [0.25, 0.3) is 0 Å². The zero-order valence-electron chi connectivity index (χ0n) is 16.2. The molecule has 3 aromatic carbocycles. The average molecular weight is 441 g/mol. The number of hydrogen-bond donors (Lipinski definition) is 0. The molecule has 0 saturated carbocycles. The molecule has 0 aliphatic carbocycles. The van der Waals surface area contributed by atoms with Gasteiger partial charge in [-0.05, 0) is 24.7 Å². The molecule has 0 fully saturated rings. The number of imidazole rings is 1. The van der Waals surface area contributed by atoms with Crippen LogP contribution in [0.25, 0.3) is 22.2 Å². The topological polar surface area (TPSA) is 24.3 Å². The molecule has 2 heterocycles. The van der Waals surface area contributed by atoms with E-state index in [2.05, 4.69) is 84.0 Å². The Balaban J connectivity index is 0.00000192. The van der Waals surface area contributed by atoms with Crippen LogP contribution in [0.4, 0.5) is 11.6 Å². The van der Waals surface area contributed by atoms with Gasteiger partial charge in [0.1, 0.15) is 6.17 Å². The van der Waals surface area contributed by atoms with E-state index in [9.17, 15) is 0 Å². The Hall–Kier alpha value is -2.17. The molecule has 1 radical (unpaired) electrons. The van der Waals surface area contributed by atoms with Crippen LogP contribution in [0, 0.1) is 19.1 Å². The van der Waals surface area contributed by atoms with Crippen molar-refractivity contribution >= 4 is 22.7 Å². The van der Waals surface area contributed by atoms with Crippen molar-refractivity contribution in [3.8, 4) is 11.1 Å². The van der Waals surface area contributed by atoms with Gasteiger partial charge in [0.05, 0.1) is 11.0 Å². The van der Waals surface area contributed by atoms with Gasteiger partial charge in [-0.1, -0.05) is 19.1 Å². The summed E-state index contributed by atoms with van der Waals surface area (Å²) in [6, 6.07) is 27.4. The molecule has 0 unspecified atom stereocenters. The quantitative estimate of drug-likeness (QED) is 0.423. The van der Waals surface area contributed by atoms with E-state index in [4.69, 9.17) is 4.98 Å². The van der Waals surface area contributed by atoms with Crippen LogP contribution < -0.4 is 9.91 Å². The monoisotopic (exact) mass is 441 g/mol. The first-order valence-corrected chi connectivity index (χ1v) is 9.15. The molecule has 0 spiro atoms. The van der Waals surface area contributed by atoms with E-state index >= 15 is 0 Å². The summed E-state index contributed by atoms with van der Waals surface area (Å²) in [4.78, 5) is 7.18. The van der Waals surface area contributed by atoms with Gasteiger partial charge in [-0.25, -0.2) is 20.8 Å². The number of nitrogens with zero attached hydrogens (tertiary/aromatic N) is 4. The fraction of sp³-hybridized carbons (Fsp3) is 0.174. The molecule has 4 nitrogen and oxygen atoms in total. The van der Waals surface area contributed by atoms with Crippen LogP contribution in [-0.2, 0) is 32.7 Å². The summed E-state index contributed by atoms with van der Waals surface area (Å²) in [7, 11) is 2.11. The molecule has 5 rings (SSSR count). The smallest absolute Gasteiger partial charge is 0.223 e. The van der Waals surface area contributed by atoms with Crippen LogP contribution >= 0.6 is 0 Å². The zero-order chi connectivity index (χ0) is 18.5. The Labute approximate surface area is 190 Å². The Morgan fingerprint density at radius 3 is 2.50 bits per heavy atom. The molecule has 1 aliphatic heterocycles. The maximum absolute atomic E-state index is 4.90. The second-order valence-corrected chi connectivity index (χ2v) is 6.95. The number of anilines is 2. The normalized spacial score (nSPS) is 15.6. The van der Waals surface area contributed by atoms with Crippen molar-refractivity contribution < 1.29 is 32.7 Å². The summed E-state index contributed by atoms with van der Waals surface area (Å²) in [5.41, 5.74) is 6.49. The largest absolute Gasteiger partial charge is 0.330 e. The second-order valence-electron chi connectivity index (χ2n) is 6.95. The standard InChI is InChI=1S/C23H20N4.Y/c1-16-15-19(18-9-5-4-6-10-18)13-14-21(16)26-17(2)25(3)27-22-12-8-7-11-20(22)24-23(26)27;/h4-9,11-14,17H,1-3H3;/q-2;/t17-;/m0./s1. The number of fused-ring (bicyclic) bond motifs is 3. The molecule has 28 heavy (non-hydrogen) atoms. The third-order valence-electron chi connectivity index (χ3n) is 5.34. The number of benzene rings is 3. The number of aromatic nitrogens is 2. The zero-order valence-corrected chi connectivity index (χ0v) is 19.1. The van der Waals surface area contributed by atoms with Crippen LogP contribution in [0.1, 0.15) is 12.5 Å². The molecule has 0 saturated heterocycles. The van der Waals surface area contributed by atoms with Crippen molar-refractivity contribution in [2.24, 2.45) is 0 Å². The summed E-state index contributed by atoms with van der Waals surface area (Å²) < 4.78 is 2.19. The number of rotatable bonds is 2. The van der Waals surface area contributed by atoms with Gasteiger partial charge in [0.2, 0.25) is 5.95 Å². The molecule has 5 heteroatoms. The van der Waals surface area contributed by atoms with Gasteiger partial charge in [0, 0.05) is 39.8 Å². The second kappa shape index (κ2) is 7.34. The minimum Gasteiger partial charge on any atom is -0.330 e. The van der Waals surface area contributed by atoms with Crippen LogP contribution in [0.5, 0.6) is 0 Å². The minimum absolute atomic E-state index is 0. The van der Waals surface area contributed by atoms with Gasteiger partial charge in [-0.3, -0.25) is 5.01 Å². The van der Waals surface area contributed by atoms with Gasteiger partial charge in [-0.2, -0.15) is 36.4 Å². The minimum atomic E-state index is 0. The third-order valence-corrected chi connectivity index (χ3v) is 5.34. The number of aryl methyl sites for hydroxylation is 1. The maximum Gasteiger partial charge on any atom is 0.223 e. The Kier molecular flexibility index (Phi) is 5.02. The molecule has 0 N–H and O–H groups in total. The molecule has 0 bridgehead atoms. The van der Waals surface area contributed by atoms with Crippen molar-refractivity contribution in [1.29, 1.82) is 0 Å². The number of para-hydroxylation sites is 2. The summed E-state index contributed by atoms with van der Waals surface area (Å²) in [6.45, 7) is 4.31. The van der Waals surface area contributed by atoms with E-state index in [1.807, 2.05) is 24.3 Å². The summed E-state index contributed by atoms with van der Waals surface area (Å²) in [5, 5.41) is 2.23. The van der Waals surface area contributed by atoms with Crippen molar-refractivity contribution in [1.82, 2.24) is 9.66 Å². The Bertz CT molecular complexity index is 1140. The van der Waals surface area contributed by atoms with Gasteiger partial charge in [0.15, 0.2) is 0 Å². The Morgan fingerprint density at radius 2 is 1.75 bits per heavy atom. The first kappa shape index (κ1) is 19.2. The predicted molar refractivity (Wildman–Crippen MR) is 110 cm³/mol. The SMILES string of the molecule is Cc1[c-]c(-c2[c-]cccc2)ccc1N1c2nc3ccccc3n2N(C)[C@@H]1C.[Y]. The van der Waals surface area contributed by atoms with E-state index in [0.29, 0.717) is 0 Å². The molecule has 137 valence electrons. The van der Waals surface area contributed by atoms with E-state index in [1.165, 1.54) is 0 Å². The molecule has 1 atom stereocenters. The van der Waals surface area contributed by atoms with Crippen LogP contribution in [0.2, 0.25) is 0 Å². The Morgan fingerprint density at radius 1 is 0.964 bits per heavy atom. The van der Waals surface area contributed by atoms with Crippen molar-refractivity contribution in [2.75, 3.05) is 17.0 Å². The van der Waals surface area contributed by atoms with Crippen LogP contribution in [0.15, 0.2) is 60.7 Å². The van der Waals surface area contributed by atoms with Crippen molar-refractivity contribution in [3.05, 3.63) is 78.4 Å². The van der Waals surface area contributed by atoms with E-state index in [-0.39, 0.29) is 38.9 Å². The van der Waals surface area contributed by atoms with Crippen molar-refractivity contribution in [2.45, 2.75) is 20.0 Å². The molecule has 1 aromatic heterocycles. The summed E-state index contributed by atoms with van der Waals surface area (Å²) >= 11 is 0. The van der Waals surface area contributed by atoms with E-state index < -0.39 is 0 Å². The first-order chi connectivity index (χ1) is 13.1. The van der Waals surface area contributed by atoms with Gasteiger partial charge < -0.3 is 4.90 Å². The number of hydrogen-bond acceptors (Lipinski definition) is 3. The van der Waals surface area contributed by atoms with Gasteiger partial charge in [-0.15, -0.1) is 17.7 Å². The fourth-order valence-corrected chi connectivity index (χ4v) is 3.85. The molecule has 0 amide bonds.